The summed E-state index contributed by atoms with van der Waals surface area (Å²) in [5.74, 6) is -1.44. The van der Waals surface area contributed by atoms with Crippen LogP contribution in [-0.2, 0) is 24.7 Å². The largest absolute Gasteiger partial charge is 0.497 e. The zero-order chi connectivity index (χ0) is 24.6. The van der Waals surface area contributed by atoms with Crippen LogP contribution in [0.2, 0.25) is 0 Å². The quantitative estimate of drug-likeness (QED) is 0.474. The molecule has 0 unspecified atom stereocenters. The lowest BCUT2D eigenvalue weighted by atomic mass is 9.86. The van der Waals surface area contributed by atoms with Crippen molar-refractivity contribution in [3.63, 3.8) is 0 Å². The van der Waals surface area contributed by atoms with Gasteiger partial charge in [0.2, 0.25) is 11.5 Å². The van der Waals surface area contributed by atoms with E-state index < -0.39 is 30.0 Å². The van der Waals surface area contributed by atoms with Crippen LogP contribution in [0.3, 0.4) is 0 Å². The first-order valence-corrected chi connectivity index (χ1v) is 10.5. The summed E-state index contributed by atoms with van der Waals surface area (Å²) in [7, 11) is 2.94. The number of carbonyl (C=O) groups excluding carboxylic acids is 3. The van der Waals surface area contributed by atoms with Gasteiger partial charge in [0.05, 0.1) is 13.7 Å². The molecule has 176 valence electrons. The summed E-state index contributed by atoms with van der Waals surface area (Å²) in [4.78, 5) is 38.9. The number of methoxy groups -OCH3 is 1. The van der Waals surface area contributed by atoms with Gasteiger partial charge in [0.1, 0.15) is 5.75 Å². The normalized spacial score (nSPS) is 10.8. The Labute approximate surface area is 197 Å². The molecule has 0 atom stereocenters. The monoisotopic (exact) mass is 462 g/mol. The maximum absolute atomic E-state index is 13.0. The van der Waals surface area contributed by atoms with Gasteiger partial charge >= 0.3 is 5.97 Å². The number of amides is 2. The topological polar surface area (TPSA) is 105 Å². The molecule has 0 heterocycles. The van der Waals surface area contributed by atoms with E-state index in [1.165, 1.54) is 14.2 Å². The Kier molecular flexibility index (Phi) is 8.00. The molecule has 0 spiro atoms. The summed E-state index contributed by atoms with van der Waals surface area (Å²) in [6, 6.07) is 23.5. The molecule has 2 amide bonds. The fraction of sp³-hybridized carbons (Fsp3) is 0.192. The number of likely N-dealkylation sites (N-methyl/N-ethyl adjacent to an activating group) is 1. The third-order valence-electron chi connectivity index (χ3n) is 5.17. The summed E-state index contributed by atoms with van der Waals surface area (Å²) in [6.45, 7) is -0.890. The van der Waals surface area contributed by atoms with Gasteiger partial charge in [-0.15, -0.1) is 0 Å². The van der Waals surface area contributed by atoms with Crippen LogP contribution in [0.1, 0.15) is 11.1 Å². The molecule has 8 nitrogen and oxygen atoms in total. The Balaban J connectivity index is 1.63. The molecule has 0 aromatic heterocycles. The highest BCUT2D eigenvalue weighted by atomic mass is 16.6. The van der Waals surface area contributed by atoms with Crippen molar-refractivity contribution in [2.45, 2.75) is 5.60 Å². The van der Waals surface area contributed by atoms with Crippen LogP contribution < -0.4 is 10.1 Å². The van der Waals surface area contributed by atoms with E-state index in [0.717, 1.165) is 4.90 Å². The van der Waals surface area contributed by atoms with Gasteiger partial charge in [-0.3, -0.25) is 9.59 Å². The molecule has 0 aliphatic carbocycles. The molecule has 0 aliphatic heterocycles. The second-order valence-corrected chi connectivity index (χ2v) is 7.55. The van der Waals surface area contributed by atoms with Gasteiger partial charge in [-0.05, 0) is 23.3 Å². The number of hydrogen-bond donors (Lipinski definition) is 2. The summed E-state index contributed by atoms with van der Waals surface area (Å²) in [5.41, 5.74) is -0.952. The maximum Gasteiger partial charge on any atom is 0.348 e. The summed E-state index contributed by atoms with van der Waals surface area (Å²) in [5, 5.41) is 14.0. The minimum atomic E-state index is -2.09. The Morgan fingerprint density at radius 3 is 2.06 bits per heavy atom. The fourth-order valence-electron chi connectivity index (χ4n) is 3.31. The highest BCUT2D eigenvalue weighted by Gasteiger charge is 2.42. The van der Waals surface area contributed by atoms with Gasteiger partial charge in [-0.25, -0.2) is 4.79 Å². The molecule has 34 heavy (non-hydrogen) atoms. The molecule has 3 aromatic rings. The number of benzene rings is 3. The SMILES string of the molecule is COc1cccc(NC(=O)CN(C)C(=O)COC(=O)C(O)(c2ccccc2)c2ccccc2)c1. The standard InChI is InChI=1S/C26H26N2O6/c1-28(17-23(29)27-21-14-9-15-22(16-21)33-2)24(30)18-34-25(31)26(32,19-10-5-3-6-11-19)20-12-7-4-8-13-20/h3-16,32H,17-18H2,1-2H3,(H,27,29). The molecular formula is C26H26N2O6. The Morgan fingerprint density at radius 2 is 1.50 bits per heavy atom. The van der Waals surface area contributed by atoms with Crippen LogP contribution in [0.15, 0.2) is 84.9 Å². The minimum Gasteiger partial charge on any atom is -0.497 e. The zero-order valence-corrected chi connectivity index (χ0v) is 18.9. The molecule has 2 N–H and O–H groups in total. The number of nitrogens with zero attached hydrogens (tertiary/aromatic N) is 1. The molecule has 0 saturated carbocycles. The molecule has 0 saturated heterocycles. The van der Waals surface area contributed by atoms with E-state index >= 15 is 0 Å². The lowest BCUT2D eigenvalue weighted by molar-refractivity contribution is -0.166. The van der Waals surface area contributed by atoms with Gasteiger partial charge in [-0.1, -0.05) is 66.7 Å². The summed E-state index contributed by atoms with van der Waals surface area (Å²) in [6.07, 6.45) is 0. The van der Waals surface area contributed by atoms with Crippen LogP contribution in [0.5, 0.6) is 5.75 Å². The van der Waals surface area contributed by atoms with Crippen molar-refractivity contribution in [3.05, 3.63) is 96.1 Å². The Hall–Kier alpha value is -4.17. The van der Waals surface area contributed by atoms with Gasteiger partial charge in [0.15, 0.2) is 6.61 Å². The van der Waals surface area contributed by atoms with Gasteiger partial charge in [0, 0.05) is 18.8 Å². The maximum atomic E-state index is 13.0. The van der Waals surface area contributed by atoms with Gasteiger partial charge in [-0.2, -0.15) is 0 Å². The van der Waals surface area contributed by atoms with Crippen LogP contribution in [-0.4, -0.2) is 55.1 Å². The van der Waals surface area contributed by atoms with Crippen LogP contribution in [0, 0.1) is 0 Å². The number of carbonyl (C=O) groups is 3. The Bertz CT molecular complexity index is 1090. The fourth-order valence-corrected chi connectivity index (χ4v) is 3.31. The van der Waals surface area contributed by atoms with Crippen molar-refractivity contribution in [1.82, 2.24) is 4.90 Å². The number of aliphatic hydroxyl groups is 1. The third kappa shape index (κ3) is 5.79. The van der Waals surface area contributed by atoms with Crippen molar-refractivity contribution in [3.8, 4) is 5.75 Å². The predicted molar refractivity (Wildman–Crippen MR) is 126 cm³/mol. The van der Waals surface area contributed by atoms with E-state index in [1.54, 1.807) is 84.9 Å². The highest BCUT2D eigenvalue weighted by molar-refractivity contribution is 5.95. The number of hydrogen-bond acceptors (Lipinski definition) is 6. The first-order chi connectivity index (χ1) is 16.3. The van der Waals surface area contributed by atoms with Crippen molar-refractivity contribution < 1.29 is 29.0 Å². The van der Waals surface area contributed by atoms with Crippen molar-refractivity contribution in [2.75, 3.05) is 32.6 Å². The molecule has 0 bridgehead atoms. The van der Waals surface area contributed by atoms with Gasteiger partial charge < -0.3 is 24.8 Å². The average Bonchev–Trinajstić information content (AvgIpc) is 2.87. The zero-order valence-electron chi connectivity index (χ0n) is 18.9. The predicted octanol–water partition coefficient (Wildman–Crippen LogP) is 2.57. The molecule has 8 heteroatoms. The summed E-state index contributed by atoms with van der Waals surface area (Å²) < 4.78 is 10.3. The van der Waals surface area contributed by atoms with Crippen LogP contribution in [0.4, 0.5) is 5.69 Å². The second-order valence-electron chi connectivity index (χ2n) is 7.55. The third-order valence-corrected chi connectivity index (χ3v) is 5.17. The van der Waals surface area contributed by atoms with E-state index in [2.05, 4.69) is 5.32 Å². The number of ether oxygens (including phenoxy) is 2. The lowest BCUT2D eigenvalue weighted by Crippen LogP contribution is -2.42. The van der Waals surface area contributed by atoms with E-state index in [9.17, 15) is 19.5 Å². The average molecular weight is 463 g/mol. The highest BCUT2D eigenvalue weighted by Crippen LogP contribution is 2.31. The minimum absolute atomic E-state index is 0.255. The van der Waals surface area contributed by atoms with Crippen molar-refractivity contribution in [2.24, 2.45) is 0 Å². The number of rotatable bonds is 9. The molecule has 0 fully saturated rings. The van der Waals surface area contributed by atoms with Crippen molar-refractivity contribution >= 4 is 23.5 Å². The summed E-state index contributed by atoms with van der Waals surface area (Å²) >= 11 is 0. The van der Waals surface area contributed by atoms with Crippen molar-refractivity contribution in [1.29, 1.82) is 0 Å². The van der Waals surface area contributed by atoms with Gasteiger partial charge in [0.25, 0.3) is 5.91 Å². The molecule has 3 aromatic carbocycles. The number of nitrogens with one attached hydrogen (secondary N) is 1. The van der Waals surface area contributed by atoms with E-state index in [1.807, 2.05) is 0 Å². The lowest BCUT2D eigenvalue weighted by Gasteiger charge is -2.27. The smallest absolute Gasteiger partial charge is 0.348 e. The number of esters is 1. The van der Waals surface area contributed by atoms with E-state index in [4.69, 9.17) is 9.47 Å². The first kappa shape index (κ1) is 24.5. The number of anilines is 1. The van der Waals surface area contributed by atoms with E-state index in [0.29, 0.717) is 22.6 Å². The molecule has 0 radical (unpaired) electrons. The molecular weight excluding hydrogens is 436 g/mol. The second kappa shape index (κ2) is 11.1. The van der Waals surface area contributed by atoms with Crippen LogP contribution in [0.25, 0.3) is 0 Å². The molecule has 3 rings (SSSR count). The van der Waals surface area contributed by atoms with Crippen LogP contribution >= 0.6 is 0 Å². The van der Waals surface area contributed by atoms with E-state index in [-0.39, 0.29) is 6.54 Å². The molecule has 0 aliphatic rings. The Morgan fingerprint density at radius 1 is 0.912 bits per heavy atom. The first-order valence-electron chi connectivity index (χ1n) is 10.5.